The van der Waals surface area contributed by atoms with E-state index in [9.17, 15) is 18.5 Å². The quantitative estimate of drug-likeness (QED) is 0.160. The summed E-state index contributed by atoms with van der Waals surface area (Å²) in [6.07, 6.45) is 13.3. The fraction of sp³-hybridized carbons (Fsp3) is 0.391. The summed E-state index contributed by atoms with van der Waals surface area (Å²) in [7, 11) is -3.81. The van der Waals surface area contributed by atoms with Crippen LogP contribution >= 0.6 is 0 Å². The Bertz CT molecular complexity index is 2290. The molecule has 2 aliphatic heterocycles. The molecule has 0 radical (unpaired) electrons. The van der Waals surface area contributed by atoms with Crippen LogP contribution in [0, 0.1) is 17.0 Å². The molecule has 0 atom stereocenters. The van der Waals surface area contributed by atoms with Gasteiger partial charge in [0.15, 0.2) is 0 Å². The van der Waals surface area contributed by atoms with Gasteiger partial charge in [-0.15, -0.1) is 0 Å². The Morgan fingerprint density at radius 2 is 1.55 bits per heavy atom. The van der Waals surface area contributed by atoms with Crippen LogP contribution < -0.4 is 4.90 Å². The van der Waals surface area contributed by atoms with Crippen molar-refractivity contribution in [1.82, 2.24) is 9.21 Å². The van der Waals surface area contributed by atoms with Crippen LogP contribution in [0.15, 0.2) is 124 Å². The molecular formula is C46H54N4O4S. The highest BCUT2D eigenvalue weighted by molar-refractivity contribution is 7.89. The second kappa shape index (κ2) is 14.7. The van der Waals surface area contributed by atoms with Crippen LogP contribution in [0.5, 0.6) is 0 Å². The highest BCUT2D eigenvalue weighted by Gasteiger charge is 2.40. The molecule has 0 bridgehead atoms. The number of fused-ring (bicyclic) bond motifs is 2. The minimum absolute atomic E-state index is 0.0790. The topological polar surface area (TPSA) is 87.0 Å². The van der Waals surface area contributed by atoms with Gasteiger partial charge in [-0.25, -0.2) is 8.42 Å². The van der Waals surface area contributed by atoms with Gasteiger partial charge < -0.3 is 9.80 Å². The Balaban J connectivity index is 1.27. The van der Waals surface area contributed by atoms with E-state index in [4.69, 9.17) is 0 Å². The number of non-ortho nitro benzene ring substituents is 1. The van der Waals surface area contributed by atoms with Gasteiger partial charge in [0, 0.05) is 72.8 Å². The summed E-state index contributed by atoms with van der Waals surface area (Å²) in [5.74, 6) is 0. The van der Waals surface area contributed by atoms with Crippen molar-refractivity contribution in [2.75, 3.05) is 37.6 Å². The van der Waals surface area contributed by atoms with Crippen LogP contribution in [0.2, 0.25) is 0 Å². The van der Waals surface area contributed by atoms with E-state index in [1.807, 2.05) is 0 Å². The number of rotatable bonds is 9. The number of likely N-dealkylation sites (N-methyl/N-ethyl adjacent to an activating group) is 1. The Kier molecular flexibility index (Phi) is 10.3. The average molecular weight is 759 g/mol. The van der Waals surface area contributed by atoms with Crippen molar-refractivity contribution >= 4 is 27.0 Å². The van der Waals surface area contributed by atoms with E-state index < -0.39 is 14.9 Å². The third-order valence-electron chi connectivity index (χ3n) is 12.3. The lowest BCUT2D eigenvalue weighted by atomic mass is 9.80. The first kappa shape index (κ1) is 38.5. The van der Waals surface area contributed by atoms with Crippen LogP contribution in [0.1, 0.15) is 89.5 Å². The lowest BCUT2D eigenvalue weighted by Crippen LogP contribution is -2.48. The Labute approximate surface area is 327 Å². The summed E-state index contributed by atoms with van der Waals surface area (Å²) in [5.41, 5.74) is 14.0. The average Bonchev–Trinajstić information content (AvgIpc) is 3.53. The van der Waals surface area contributed by atoms with E-state index in [-0.39, 0.29) is 21.4 Å². The van der Waals surface area contributed by atoms with Crippen LogP contribution in [0.3, 0.4) is 0 Å². The molecule has 0 aromatic heterocycles. The molecule has 7 rings (SSSR count). The molecule has 0 unspecified atom stereocenters. The van der Waals surface area contributed by atoms with Crippen molar-refractivity contribution < 1.29 is 13.3 Å². The zero-order valence-corrected chi connectivity index (χ0v) is 34.2. The summed E-state index contributed by atoms with van der Waals surface area (Å²) in [6, 6.07) is 20.8. The SMILES string of the molecule is CCC1=C(/C=C/C2=C(N3CCN(S(=O)(=O)c4ccc([N+](=O)[O-])cc4)CC3)C(=C/C=C3/N(CC)c4cc(C)ccc4C3(C)C)/CCC2)C(C)(C)c2ccccc21. The van der Waals surface area contributed by atoms with E-state index >= 15 is 0 Å². The largest absolute Gasteiger partial charge is 0.368 e. The van der Waals surface area contributed by atoms with Gasteiger partial charge in [-0.05, 0) is 108 Å². The van der Waals surface area contributed by atoms with Crippen molar-refractivity contribution in [2.24, 2.45) is 0 Å². The molecule has 288 valence electrons. The summed E-state index contributed by atoms with van der Waals surface area (Å²) in [4.78, 5) is 15.6. The minimum Gasteiger partial charge on any atom is -0.368 e. The van der Waals surface area contributed by atoms with Gasteiger partial charge in [0.05, 0.1) is 9.82 Å². The maximum absolute atomic E-state index is 13.7. The first-order chi connectivity index (χ1) is 26.2. The number of anilines is 1. The second-order valence-electron chi connectivity index (χ2n) is 16.3. The number of nitro benzene ring substituents is 1. The normalized spacial score (nSPS) is 21.3. The van der Waals surface area contributed by atoms with E-state index in [2.05, 4.69) is 125 Å². The maximum Gasteiger partial charge on any atom is 0.269 e. The van der Waals surface area contributed by atoms with Crippen molar-refractivity contribution in [3.05, 3.63) is 152 Å². The lowest BCUT2D eigenvalue weighted by Gasteiger charge is -2.39. The molecule has 0 spiro atoms. The number of allylic oxidation sites excluding steroid dienone is 9. The number of nitrogens with zero attached hydrogens (tertiary/aromatic N) is 4. The molecule has 0 amide bonds. The van der Waals surface area contributed by atoms with Gasteiger partial charge in [0.2, 0.25) is 10.0 Å². The van der Waals surface area contributed by atoms with Crippen LogP contribution in [-0.2, 0) is 20.9 Å². The molecule has 1 saturated heterocycles. The lowest BCUT2D eigenvalue weighted by molar-refractivity contribution is -0.384. The van der Waals surface area contributed by atoms with Gasteiger partial charge in [-0.3, -0.25) is 10.1 Å². The Morgan fingerprint density at radius 1 is 0.836 bits per heavy atom. The minimum atomic E-state index is -3.81. The summed E-state index contributed by atoms with van der Waals surface area (Å²) < 4.78 is 28.9. The Hall–Kier alpha value is -4.73. The summed E-state index contributed by atoms with van der Waals surface area (Å²) in [6.45, 7) is 18.5. The number of hydrogen-bond acceptors (Lipinski definition) is 6. The maximum atomic E-state index is 13.7. The molecule has 2 aliphatic carbocycles. The molecule has 9 heteroatoms. The molecule has 0 saturated carbocycles. The van der Waals surface area contributed by atoms with Gasteiger partial charge in [-0.1, -0.05) is 89.2 Å². The van der Waals surface area contributed by atoms with Crippen molar-refractivity contribution in [3.8, 4) is 0 Å². The van der Waals surface area contributed by atoms with E-state index in [0.29, 0.717) is 26.2 Å². The van der Waals surface area contributed by atoms with Gasteiger partial charge in [0.25, 0.3) is 5.69 Å². The number of sulfonamides is 1. The smallest absolute Gasteiger partial charge is 0.269 e. The highest BCUT2D eigenvalue weighted by atomic mass is 32.2. The molecule has 8 nitrogen and oxygen atoms in total. The predicted molar refractivity (Wildman–Crippen MR) is 224 cm³/mol. The van der Waals surface area contributed by atoms with Crippen molar-refractivity contribution in [1.29, 1.82) is 0 Å². The standard InChI is InChI=1S/C46H54N4O4S/c1-8-37-38-15-10-11-16-39(38)45(4,5)40(37)25-18-33-13-12-14-34(19-26-43-46(6,7)41-24-17-32(3)31-42(41)49(43)9-2)44(33)47-27-29-48(30-28-47)55(53,54)36-22-20-35(21-23-36)50(51)52/h10-11,15-26,31H,8-9,12-14,27-30H2,1-7H3/b25-18+,34-19+,43-26+. The van der Waals surface area contributed by atoms with Crippen molar-refractivity contribution in [3.63, 3.8) is 0 Å². The molecule has 2 heterocycles. The van der Waals surface area contributed by atoms with Gasteiger partial charge in [0.1, 0.15) is 0 Å². The number of piperazine rings is 1. The number of hydrogen-bond donors (Lipinski definition) is 0. The van der Waals surface area contributed by atoms with Crippen LogP contribution in [-0.4, -0.2) is 55.3 Å². The summed E-state index contributed by atoms with van der Waals surface area (Å²) in [5, 5.41) is 11.2. The zero-order chi connectivity index (χ0) is 39.3. The number of nitro groups is 1. The monoisotopic (exact) mass is 758 g/mol. The molecule has 3 aromatic carbocycles. The zero-order valence-electron chi connectivity index (χ0n) is 33.4. The van der Waals surface area contributed by atoms with E-state index in [1.165, 1.54) is 90.2 Å². The van der Waals surface area contributed by atoms with Crippen LogP contribution in [0.4, 0.5) is 11.4 Å². The molecule has 4 aliphatic rings. The number of benzene rings is 3. The van der Waals surface area contributed by atoms with E-state index in [1.54, 1.807) is 0 Å². The predicted octanol–water partition coefficient (Wildman–Crippen LogP) is 9.99. The third kappa shape index (κ3) is 6.80. The molecule has 3 aromatic rings. The molecule has 0 N–H and O–H groups in total. The van der Waals surface area contributed by atoms with Gasteiger partial charge >= 0.3 is 0 Å². The highest BCUT2D eigenvalue weighted by Crippen LogP contribution is 2.49. The summed E-state index contributed by atoms with van der Waals surface area (Å²) >= 11 is 0. The first-order valence-corrected chi connectivity index (χ1v) is 21.2. The molecular weight excluding hydrogens is 705 g/mol. The Morgan fingerprint density at radius 3 is 2.22 bits per heavy atom. The number of aryl methyl sites for hydroxylation is 1. The fourth-order valence-corrected chi connectivity index (χ4v) is 10.8. The second-order valence-corrected chi connectivity index (χ2v) is 18.2. The van der Waals surface area contributed by atoms with E-state index in [0.717, 1.165) is 32.2 Å². The van der Waals surface area contributed by atoms with Gasteiger partial charge in [-0.2, -0.15) is 4.31 Å². The van der Waals surface area contributed by atoms with Crippen LogP contribution in [0.25, 0.3) is 5.57 Å². The fourth-order valence-electron chi connectivity index (χ4n) is 9.33. The third-order valence-corrected chi connectivity index (χ3v) is 14.2. The van der Waals surface area contributed by atoms with Crippen molar-refractivity contribution in [2.45, 2.75) is 89.9 Å². The first-order valence-electron chi connectivity index (χ1n) is 19.7. The molecule has 55 heavy (non-hydrogen) atoms. The molecule has 1 fully saturated rings.